The molecule has 0 aliphatic carbocycles. The molecule has 1 atom stereocenters. The van der Waals surface area contributed by atoms with Crippen LogP contribution in [0.2, 0.25) is 0 Å². The standard InChI is InChI=1S/C14H14F3N3O2.ClH/c15-14(16,17)10-4-2-1-3-9(10)7-12-19-13(20-22-12)11-8-21-6-5-18-11;/h1-4,11,18H,5-8H2;1H. The Hall–Kier alpha value is -1.64. The molecule has 1 N–H and O–H groups in total. The van der Waals surface area contributed by atoms with Crippen LogP contribution in [0.1, 0.15) is 28.9 Å². The van der Waals surface area contributed by atoms with Crippen LogP contribution in [0, 0.1) is 0 Å². The lowest BCUT2D eigenvalue weighted by atomic mass is 10.0. The van der Waals surface area contributed by atoms with Gasteiger partial charge < -0.3 is 14.6 Å². The van der Waals surface area contributed by atoms with E-state index in [2.05, 4.69) is 15.5 Å². The molecule has 0 saturated carbocycles. The van der Waals surface area contributed by atoms with E-state index in [9.17, 15) is 13.2 Å². The maximum absolute atomic E-state index is 13.0. The molecule has 9 heteroatoms. The third-order valence-corrected chi connectivity index (χ3v) is 3.38. The van der Waals surface area contributed by atoms with E-state index in [0.717, 1.165) is 6.07 Å². The van der Waals surface area contributed by atoms with Crippen molar-refractivity contribution in [2.75, 3.05) is 19.8 Å². The molecule has 1 saturated heterocycles. The lowest BCUT2D eigenvalue weighted by Gasteiger charge is -2.20. The zero-order valence-corrected chi connectivity index (χ0v) is 12.8. The van der Waals surface area contributed by atoms with Crippen molar-refractivity contribution in [2.45, 2.75) is 18.6 Å². The van der Waals surface area contributed by atoms with Crippen molar-refractivity contribution in [3.63, 3.8) is 0 Å². The summed E-state index contributed by atoms with van der Waals surface area (Å²) in [6, 6.07) is 5.18. The fourth-order valence-corrected chi connectivity index (χ4v) is 2.33. The fraction of sp³-hybridized carbons (Fsp3) is 0.429. The minimum Gasteiger partial charge on any atom is -0.378 e. The molecule has 1 aliphatic rings. The molecule has 2 aromatic rings. The molecule has 126 valence electrons. The Morgan fingerprint density at radius 2 is 2.04 bits per heavy atom. The van der Waals surface area contributed by atoms with Gasteiger partial charge in [-0.25, -0.2) is 0 Å². The fourth-order valence-electron chi connectivity index (χ4n) is 2.33. The van der Waals surface area contributed by atoms with Crippen molar-refractivity contribution in [3.05, 3.63) is 47.1 Å². The Morgan fingerprint density at radius 1 is 1.26 bits per heavy atom. The Morgan fingerprint density at radius 3 is 2.74 bits per heavy atom. The van der Waals surface area contributed by atoms with E-state index in [-0.39, 0.29) is 36.3 Å². The first-order chi connectivity index (χ1) is 10.5. The van der Waals surface area contributed by atoms with Gasteiger partial charge in [-0.3, -0.25) is 0 Å². The molecule has 2 heterocycles. The number of rotatable bonds is 3. The molecule has 1 aromatic carbocycles. The summed E-state index contributed by atoms with van der Waals surface area (Å²) in [5, 5.41) is 6.98. The van der Waals surface area contributed by atoms with Gasteiger partial charge in [0.2, 0.25) is 5.89 Å². The zero-order chi connectivity index (χ0) is 15.6. The Kier molecular flexibility index (Phi) is 5.61. The van der Waals surface area contributed by atoms with Crippen LogP contribution in [0.15, 0.2) is 28.8 Å². The number of morpholine rings is 1. The molecule has 1 aliphatic heterocycles. The highest BCUT2D eigenvalue weighted by atomic mass is 35.5. The Labute approximate surface area is 136 Å². The SMILES string of the molecule is Cl.FC(F)(F)c1ccccc1Cc1nc(C2COCCN2)no1. The number of hydrogen-bond acceptors (Lipinski definition) is 5. The Bertz CT molecular complexity index is 642. The van der Waals surface area contributed by atoms with Crippen molar-refractivity contribution >= 4 is 12.4 Å². The van der Waals surface area contributed by atoms with E-state index in [1.54, 1.807) is 6.07 Å². The number of aromatic nitrogens is 2. The highest BCUT2D eigenvalue weighted by molar-refractivity contribution is 5.85. The molecule has 5 nitrogen and oxygen atoms in total. The maximum atomic E-state index is 13.0. The molecule has 0 spiro atoms. The molecule has 0 bridgehead atoms. The average Bonchev–Trinajstić information content (AvgIpc) is 2.96. The lowest BCUT2D eigenvalue weighted by molar-refractivity contribution is -0.138. The predicted molar refractivity (Wildman–Crippen MR) is 77.4 cm³/mol. The molecular weight excluding hydrogens is 335 g/mol. The van der Waals surface area contributed by atoms with Crippen molar-refractivity contribution in [1.29, 1.82) is 0 Å². The highest BCUT2D eigenvalue weighted by Crippen LogP contribution is 2.32. The largest absolute Gasteiger partial charge is 0.416 e. The number of hydrogen-bond donors (Lipinski definition) is 1. The summed E-state index contributed by atoms with van der Waals surface area (Å²) < 4.78 is 49.2. The van der Waals surface area contributed by atoms with Crippen LogP contribution in [0.5, 0.6) is 0 Å². The summed E-state index contributed by atoms with van der Waals surface area (Å²) in [7, 11) is 0. The number of halogens is 4. The first kappa shape index (κ1) is 17.7. The first-order valence-corrected chi connectivity index (χ1v) is 6.83. The summed E-state index contributed by atoms with van der Waals surface area (Å²) in [5.41, 5.74) is -0.577. The molecule has 1 aromatic heterocycles. The summed E-state index contributed by atoms with van der Waals surface area (Å²) in [5.74, 6) is 0.554. The smallest absolute Gasteiger partial charge is 0.378 e. The second-order valence-electron chi connectivity index (χ2n) is 4.96. The van der Waals surface area contributed by atoms with Crippen molar-refractivity contribution in [2.24, 2.45) is 0 Å². The van der Waals surface area contributed by atoms with Crippen LogP contribution in [0.4, 0.5) is 13.2 Å². The third-order valence-electron chi connectivity index (χ3n) is 3.38. The van der Waals surface area contributed by atoms with E-state index >= 15 is 0 Å². The number of ether oxygens (including phenoxy) is 1. The number of benzene rings is 1. The minimum atomic E-state index is -4.40. The number of alkyl halides is 3. The monoisotopic (exact) mass is 349 g/mol. The summed E-state index contributed by atoms with van der Waals surface area (Å²) >= 11 is 0. The first-order valence-electron chi connectivity index (χ1n) is 6.83. The van der Waals surface area contributed by atoms with Gasteiger partial charge in [0.05, 0.1) is 31.2 Å². The van der Waals surface area contributed by atoms with Gasteiger partial charge in [0, 0.05) is 6.54 Å². The summed E-state index contributed by atoms with van der Waals surface area (Å²) in [4.78, 5) is 4.16. The van der Waals surface area contributed by atoms with Crippen molar-refractivity contribution < 1.29 is 22.4 Å². The van der Waals surface area contributed by atoms with Gasteiger partial charge in [-0.15, -0.1) is 12.4 Å². The van der Waals surface area contributed by atoms with Gasteiger partial charge in [0.15, 0.2) is 5.82 Å². The van der Waals surface area contributed by atoms with Crippen LogP contribution < -0.4 is 5.32 Å². The van der Waals surface area contributed by atoms with Crippen LogP contribution in [0.3, 0.4) is 0 Å². The maximum Gasteiger partial charge on any atom is 0.416 e. The van der Waals surface area contributed by atoms with Crippen LogP contribution in [-0.4, -0.2) is 29.9 Å². The lowest BCUT2D eigenvalue weighted by Crippen LogP contribution is -2.35. The number of nitrogens with one attached hydrogen (secondary N) is 1. The van der Waals surface area contributed by atoms with E-state index in [4.69, 9.17) is 9.26 Å². The minimum absolute atomic E-state index is 0. The topological polar surface area (TPSA) is 60.2 Å². The van der Waals surface area contributed by atoms with Gasteiger partial charge in [-0.2, -0.15) is 18.2 Å². The molecule has 3 rings (SSSR count). The van der Waals surface area contributed by atoms with Crippen LogP contribution in [0.25, 0.3) is 0 Å². The average molecular weight is 350 g/mol. The van der Waals surface area contributed by atoms with Gasteiger partial charge >= 0.3 is 6.18 Å². The predicted octanol–water partition coefficient (Wildman–Crippen LogP) is 2.76. The summed E-state index contributed by atoms with van der Waals surface area (Å²) in [6.45, 7) is 1.70. The van der Waals surface area contributed by atoms with E-state index in [0.29, 0.717) is 25.6 Å². The van der Waals surface area contributed by atoms with Gasteiger partial charge in [-0.05, 0) is 11.6 Å². The molecule has 1 unspecified atom stereocenters. The molecule has 0 radical (unpaired) electrons. The Balaban J connectivity index is 0.00000192. The van der Waals surface area contributed by atoms with E-state index in [1.165, 1.54) is 12.1 Å². The summed E-state index contributed by atoms with van der Waals surface area (Å²) in [6.07, 6.45) is -4.46. The molecule has 23 heavy (non-hydrogen) atoms. The quantitative estimate of drug-likeness (QED) is 0.923. The second kappa shape index (κ2) is 7.29. The zero-order valence-electron chi connectivity index (χ0n) is 12.0. The van der Waals surface area contributed by atoms with Gasteiger partial charge in [-0.1, -0.05) is 23.4 Å². The highest BCUT2D eigenvalue weighted by Gasteiger charge is 2.33. The normalized spacial score (nSPS) is 18.5. The van der Waals surface area contributed by atoms with Gasteiger partial charge in [0.25, 0.3) is 0 Å². The van der Waals surface area contributed by atoms with E-state index in [1.807, 2.05) is 0 Å². The molecule has 1 fully saturated rings. The second-order valence-corrected chi connectivity index (χ2v) is 4.96. The number of nitrogens with zero attached hydrogens (tertiary/aromatic N) is 2. The van der Waals surface area contributed by atoms with Crippen LogP contribution in [-0.2, 0) is 17.3 Å². The van der Waals surface area contributed by atoms with Crippen molar-refractivity contribution in [1.82, 2.24) is 15.5 Å². The van der Waals surface area contributed by atoms with Crippen LogP contribution >= 0.6 is 12.4 Å². The van der Waals surface area contributed by atoms with Crippen molar-refractivity contribution in [3.8, 4) is 0 Å². The molecular formula is C14H15ClF3N3O2. The third kappa shape index (κ3) is 4.21. The van der Waals surface area contributed by atoms with E-state index < -0.39 is 11.7 Å². The van der Waals surface area contributed by atoms with Gasteiger partial charge in [0.1, 0.15) is 0 Å². The molecule has 0 amide bonds.